The van der Waals surface area contributed by atoms with Crippen molar-refractivity contribution in [1.29, 1.82) is 0 Å². The smallest absolute Gasteiger partial charge is 0.191 e. The van der Waals surface area contributed by atoms with Gasteiger partial charge in [0.1, 0.15) is 11.6 Å². The van der Waals surface area contributed by atoms with Gasteiger partial charge in [0.2, 0.25) is 0 Å². The molecular formula is C14H24N4S. The Labute approximate surface area is 120 Å². The number of aromatic nitrogens is 2. The third-order valence-electron chi connectivity index (χ3n) is 3.57. The van der Waals surface area contributed by atoms with Crippen molar-refractivity contribution in [2.24, 2.45) is 0 Å². The number of hydrogen-bond donors (Lipinski definition) is 1. The molecule has 1 unspecified atom stereocenters. The summed E-state index contributed by atoms with van der Waals surface area (Å²) in [7, 11) is 0. The Balaban J connectivity index is 2.23. The minimum absolute atomic E-state index is 0.642. The first-order valence-corrected chi connectivity index (χ1v) is 8.44. The maximum Gasteiger partial charge on any atom is 0.191 e. The van der Waals surface area contributed by atoms with Gasteiger partial charge >= 0.3 is 0 Å². The van der Waals surface area contributed by atoms with Gasteiger partial charge in [-0.15, -0.1) is 0 Å². The van der Waals surface area contributed by atoms with Crippen LogP contribution < -0.4 is 10.2 Å². The predicted molar refractivity (Wildman–Crippen MR) is 83.3 cm³/mol. The molecule has 4 nitrogen and oxygen atoms in total. The van der Waals surface area contributed by atoms with Gasteiger partial charge in [-0.1, -0.05) is 25.6 Å². The van der Waals surface area contributed by atoms with E-state index in [1.165, 1.54) is 19.3 Å². The summed E-state index contributed by atoms with van der Waals surface area (Å²) < 4.78 is 0. The number of nitrogens with one attached hydrogen (secondary N) is 1. The molecule has 0 saturated carbocycles. The van der Waals surface area contributed by atoms with Crippen LogP contribution in [-0.2, 0) is 0 Å². The largest absolute Gasteiger partial charge is 0.370 e. The minimum Gasteiger partial charge on any atom is -0.370 e. The Morgan fingerprint density at radius 3 is 2.95 bits per heavy atom. The molecule has 0 amide bonds. The quantitative estimate of drug-likeness (QED) is 0.639. The van der Waals surface area contributed by atoms with E-state index < -0.39 is 0 Å². The first kappa shape index (κ1) is 14.4. The minimum atomic E-state index is 0.642. The van der Waals surface area contributed by atoms with Crippen LogP contribution in [0.4, 0.5) is 11.6 Å². The summed E-state index contributed by atoms with van der Waals surface area (Å²) in [6, 6.07) is 2.74. The summed E-state index contributed by atoms with van der Waals surface area (Å²) in [6.07, 6.45) is 6.89. The van der Waals surface area contributed by atoms with Crippen LogP contribution in [0.25, 0.3) is 0 Å². The van der Waals surface area contributed by atoms with Crippen molar-refractivity contribution < 1.29 is 0 Å². The van der Waals surface area contributed by atoms with Crippen LogP contribution in [0.3, 0.4) is 0 Å². The van der Waals surface area contributed by atoms with Crippen molar-refractivity contribution >= 4 is 23.4 Å². The van der Waals surface area contributed by atoms with Gasteiger partial charge in [0.05, 0.1) is 0 Å². The van der Waals surface area contributed by atoms with Crippen LogP contribution in [0.5, 0.6) is 0 Å². The lowest BCUT2D eigenvalue weighted by atomic mass is 10.2. The van der Waals surface area contributed by atoms with Crippen molar-refractivity contribution in [1.82, 2.24) is 9.97 Å². The highest BCUT2D eigenvalue weighted by Crippen LogP contribution is 2.28. The maximum atomic E-state index is 4.68. The second-order valence-electron chi connectivity index (χ2n) is 4.92. The molecule has 1 N–H and O–H groups in total. The van der Waals surface area contributed by atoms with Crippen LogP contribution in [0.2, 0.25) is 0 Å². The molecule has 1 atom stereocenters. The van der Waals surface area contributed by atoms with Gasteiger partial charge in [-0.25, -0.2) is 9.97 Å². The van der Waals surface area contributed by atoms with Gasteiger partial charge in [0.25, 0.3) is 0 Å². The lowest BCUT2D eigenvalue weighted by molar-refractivity contribution is 0.637. The van der Waals surface area contributed by atoms with Gasteiger partial charge in [-0.05, 0) is 31.9 Å². The lowest BCUT2D eigenvalue weighted by Gasteiger charge is -2.25. The Morgan fingerprint density at radius 1 is 1.42 bits per heavy atom. The number of anilines is 2. The first-order valence-electron chi connectivity index (χ1n) is 7.22. The molecule has 0 aliphatic carbocycles. The van der Waals surface area contributed by atoms with E-state index in [1.807, 2.05) is 6.26 Å². The summed E-state index contributed by atoms with van der Waals surface area (Å²) in [5, 5.41) is 4.23. The van der Waals surface area contributed by atoms with Crippen LogP contribution in [0.15, 0.2) is 11.2 Å². The summed E-state index contributed by atoms with van der Waals surface area (Å²) in [5.74, 6) is 2.04. The van der Waals surface area contributed by atoms with E-state index >= 15 is 0 Å². The van der Waals surface area contributed by atoms with Crippen molar-refractivity contribution in [3.05, 3.63) is 6.07 Å². The van der Waals surface area contributed by atoms with Crippen molar-refractivity contribution in [2.75, 3.05) is 29.6 Å². The Hall–Kier alpha value is -0.970. The SMILES string of the molecule is CCCNc1cc(N2CCCC2CC)nc(SC)n1. The molecule has 0 bridgehead atoms. The van der Waals surface area contributed by atoms with Gasteiger partial charge in [0.15, 0.2) is 5.16 Å². The lowest BCUT2D eigenvalue weighted by Crippen LogP contribution is -2.29. The van der Waals surface area contributed by atoms with E-state index in [9.17, 15) is 0 Å². The summed E-state index contributed by atoms with van der Waals surface area (Å²) in [6.45, 7) is 6.51. The molecule has 1 aliphatic rings. The molecule has 106 valence electrons. The molecular weight excluding hydrogens is 256 g/mol. The van der Waals surface area contributed by atoms with Crippen LogP contribution >= 0.6 is 11.8 Å². The normalized spacial score (nSPS) is 18.9. The van der Waals surface area contributed by atoms with Gasteiger partial charge < -0.3 is 10.2 Å². The first-order chi connectivity index (χ1) is 9.28. The average molecular weight is 280 g/mol. The summed E-state index contributed by atoms with van der Waals surface area (Å²) in [5.41, 5.74) is 0. The van der Waals surface area contributed by atoms with Gasteiger partial charge in [-0.3, -0.25) is 0 Å². The monoisotopic (exact) mass is 280 g/mol. The van der Waals surface area contributed by atoms with Crippen LogP contribution in [0.1, 0.15) is 39.5 Å². The third kappa shape index (κ3) is 3.53. The molecule has 0 aromatic carbocycles. The van der Waals surface area contributed by atoms with Crippen LogP contribution in [-0.4, -0.2) is 35.4 Å². The number of rotatable bonds is 6. The molecule has 1 fully saturated rings. The fourth-order valence-electron chi connectivity index (χ4n) is 2.56. The van der Waals surface area contributed by atoms with Gasteiger partial charge in [-0.2, -0.15) is 0 Å². The molecule has 1 aromatic rings. The maximum absolute atomic E-state index is 4.68. The topological polar surface area (TPSA) is 41.0 Å². The fraction of sp³-hybridized carbons (Fsp3) is 0.714. The highest BCUT2D eigenvalue weighted by molar-refractivity contribution is 7.98. The highest BCUT2D eigenvalue weighted by Gasteiger charge is 2.24. The molecule has 2 rings (SSSR count). The van der Waals surface area contributed by atoms with Crippen LogP contribution in [0, 0.1) is 0 Å². The Bertz CT molecular complexity index is 410. The molecule has 2 heterocycles. The number of nitrogens with zero attached hydrogens (tertiary/aromatic N) is 3. The zero-order valence-electron chi connectivity index (χ0n) is 12.1. The molecule has 1 saturated heterocycles. The van der Waals surface area contributed by atoms with Gasteiger partial charge in [0, 0.05) is 25.2 Å². The zero-order valence-corrected chi connectivity index (χ0v) is 13.0. The molecule has 1 aromatic heterocycles. The Morgan fingerprint density at radius 2 is 2.26 bits per heavy atom. The Kier molecular flexibility index (Phi) is 5.31. The standard InChI is InChI=1S/C14H24N4S/c1-4-8-15-12-10-13(17-14(16-12)19-3)18-9-6-7-11(18)5-2/h10-11H,4-9H2,1-3H3,(H,15,16,17). The van der Waals surface area contributed by atoms with E-state index in [-0.39, 0.29) is 0 Å². The summed E-state index contributed by atoms with van der Waals surface area (Å²) >= 11 is 1.61. The molecule has 5 heteroatoms. The van der Waals surface area contributed by atoms with E-state index in [0.29, 0.717) is 6.04 Å². The molecule has 19 heavy (non-hydrogen) atoms. The van der Waals surface area contributed by atoms with Crippen molar-refractivity contribution in [3.63, 3.8) is 0 Å². The highest BCUT2D eigenvalue weighted by atomic mass is 32.2. The van der Waals surface area contributed by atoms with E-state index in [1.54, 1.807) is 11.8 Å². The van der Waals surface area contributed by atoms with Crippen molar-refractivity contribution in [2.45, 2.75) is 50.7 Å². The molecule has 0 radical (unpaired) electrons. The number of hydrogen-bond acceptors (Lipinski definition) is 5. The molecule has 0 spiro atoms. The fourth-order valence-corrected chi connectivity index (χ4v) is 2.93. The number of thioether (sulfide) groups is 1. The average Bonchev–Trinajstić information content (AvgIpc) is 2.93. The van der Waals surface area contributed by atoms with E-state index in [4.69, 9.17) is 0 Å². The van der Waals surface area contributed by atoms with E-state index in [2.05, 4.69) is 40.1 Å². The summed E-state index contributed by atoms with van der Waals surface area (Å²) in [4.78, 5) is 11.6. The molecule has 1 aliphatic heterocycles. The zero-order chi connectivity index (χ0) is 13.7. The van der Waals surface area contributed by atoms with E-state index in [0.717, 1.165) is 36.3 Å². The van der Waals surface area contributed by atoms with Crippen molar-refractivity contribution in [3.8, 4) is 0 Å². The third-order valence-corrected chi connectivity index (χ3v) is 4.12. The predicted octanol–water partition coefficient (Wildman–Crippen LogP) is 3.40. The second kappa shape index (κ2) is 6.98. The second-order valence-corrected chi connectivity index (χ2v) is 5.70.